The molecular weight excluding hydrogens is 662 g/mol. The molecule has 1 aliphatic rings. The molecule has 0 aliphatic carbocycles. The van der Waals surface area contributed by atoms with Crippen LogP contribution in [0.2, 0.25) is 0 Å². The van der Waals surface area contributed by atoms with Crippen LogP contribution in [-0.2, 0) is 14.3 Å². The van der Waals surface area contributed by atoms with E-state index < -0.39 is 61.5 Å². The average molecular weight is 740 g/mol. The van der Waals surface area contributed by atoms with Crippen molar-refractivity contribution in [3.8, 4) is 0 Å². The molecule has 0 aromatic rings. The Morgan fingerprint density at radius 2 is 1.15 bits per heavy atom. The molecule has 0 spiro atoms. The van der Waals surface area contributed by atoms with E-state index in [1.54, 1.807) is 6.08 Å². The van der Waals surface area contributed by atoms with Crippen LogP contribution < -0.4 is 5.32 Å². The van der Waals surface area contributed by atoms with Gasteiger partial charge in [-0.05, 0) is 44.9 Å². The molecule has 0 saturated carbocycles. The van der Waals surface area contributed by atoms with Crippen molar-refractivity contribution in [2.75, 3.05) is 13.2 Å². The lowest BCUT2D eigenvalue weighted by molar-refractivity contribution is -0.302. The zero-order chi connectivity index (χ0) is 38.2. The Labute approximate surface area is 315 Å². The number of rotatable bonds is 33. The normalized spacial score (nSPS) is 22.8. The minimum Gasteiger partial charge on any atom is -0.394 e. The van der Waals surface area contributed by atoms with Crippen molar-refractivity contribution in [3.63, 3.8) is 0 Å². The van der Waals surface area contributed by atoms with Gasteiger partial charge in [0.05, 0.1) is 25.4 Å². The Morgan fingerprint density at radius 1 is 0.673 bits per heavy atom. The van der Waals surface area contributed by atoms with E-state index in [0.29, 0.717) is 12.8 Å². The molecule has 1 aliphatic heterocycles. The molecule has 0 aromatic carbocycles. The molecule has 1 heterocycles. The Balaban J connectivity index is 2.51. The first-order valence-corrected chi connectivity index (χ1v) is 20.8. The summed E-state index contributed by atoms with van der Waals surface area (Å²) in [5.74, 6) is -0.631. The Morgan fingerprint density at radius 3 is 1.71 bits per heavy atom. The van der Waals surface area contributed by atoms with Crippen molar-refractivity contribution < 1.29 is 44.9 Å². The average Bonchev–Trinajstić information content (AvgIpc) is 3.14. The SMILES string of the molecule is CCCCC/C=C\C=C/CCCCCCCC(O)C(=O)NC(COC1OC(CO)C(O)C(O)C1O)C(O)/C=C/CCCCCCCCCCCCC. The molecule has 304 valence electrons. The third-order valence-corrected chi connectivity index (χ3v) is 9.84. The van der Waals surface area contributed by atoms with Gasteiger partial charge in [-0.1, -0.05) is 153 Å². The van der Waals surface area contributed by atoms with Gasteiger partial charge in [0.15, 0.2) is 6.29 Å². The van der Waals surface area contributed by atoms with Crippen LogP contribution in [0.3, 0.4) is 0 Å². The number of unbranched alkanes of at least 4 members (excludes halogenated alkanes) is 19. The van der Waals surface area contributed by atoms with Crippen LogP contribution in [0.25, 0.3) is 0 Å². The largest absolute Gasteiger partial charge is 0.394 e. The van der Waals surface area contributed by atoms with E-state index in [-0.39, 0.29) is 6.61 Å². The van der Waals surface area contributed by atoms with E-state index in [2.05, 4.69) is 43.5 Å². The summed E-state index contributed by atoms with van der Waals surface area (Å²) < 4.78 is 11.1. The highest BCUT2D eigenvalue weighted by molar-refractivity contribution is 5.80. The molecule has 1 fully saturated rings. The van der Waals surface area contributed by atoms with Gasteiger partial charge in [0.1, 0.15) is 30.5 Å². The smallest absolute Gasteiger partial charge is 0.249 e. The van der Waals surface area contributed by atoms with E-state index in [1.807, 2.05) is 6.08 Å². The van der Waals surface area contributed by atoms with Gasteiger partial charge in [-0.15, -0.1) is 0 Å². The second-order valence-electron chi connectivity index (χ2n) is 14.6. The van der Waals surface area contributed by atoms with Crippen molar-refractivity contribution in [1.29, 1.82) is 0 Å². The van der Waals surface area contributed by atoms with Gasteiger partial charge in [0.25, 0.3) is 0 Å². The second-order valence-corrected chi connectivity index (χ2v) is 14.6. The summed E-state index contributed by atoms with van der Waals surface area (Å²) in [6.45, 7) is 3.53. The maximum Gasteiger partial charge on any atom is 0.249 e. The molecule has 10 heteroatoms. The quantitative estimate of drug-likeness (QED) is 0.0220. The summed E-state index contributed by atoms with van der Waals surface area (Å²) in [7, 11) is 0. The lowest BCUT2D eigenvalue weighted by atomic mass is 9.99. The van der Waals surface area contributed by atoms with Crippen LogP contribution >= 0.6 is 0 Å². The first-order valence-electron chi connectivity index (χ1n) is 20.8. The van der Waals surface area contributed by atoms with E-state index in [9.17, 15) is 35.4 Å². The molecule has 7 N–H and O–H groups in total. The summed E-state index contributed by atoms with van der Waals surface area (Å²) in [4.78, 5) is 13.0. The monoisotopic (exact) mass is 740 g/mol. The standard InChI is InChI=1S/C42H77NO9/c1-3-5-7-9-11-13-15-17-19-21-23-25-27-29-31-36(46)41(50)43-34(33-51-42-40(49)39(48)38(47)37(32-44)52-42)35(45)30-28-26-24-22-20-18-16-14-12-10-8-6-4-2/h11,13,15,17,28,30,34-40,42,44-49H,3-10,12,14,16,18-27,29,31-33H2,1-2H3,(H,43,50)/b13-11-,17-15-,30-28+. The second kappa shape index (κ2) is 32.8. The van der Waals surface area contributed by atoms with E-state index >= 15 is 0 Å². The van der Waals surface area contributed by atoms with Gasteiger partial charge in [-0.2, -0.15) is 0 Å². The summed E-state index contributed by atoms with van der Waals surface area (Å²) in [5.41, 5.74) is 0. The summed E-state index contributed by atoms with van der Waals surface area (Å²) in [6, 6.07) is -0.984. The number of hydrogen-bond acceptors (Lipinski definition) is 9. The van der Waals surface area contributed by atoms with Crippen LogP contribution in [0.4, 0.5) is 0 Å². The van der Waals surface area contributed by atoms with Crippen LogP contribution in [-0.4, -0.2) is 98.7 Å². The number of amides is 1. The fourth-order valence-corrected chi connectivity index (χ4v) is 6.33. The number of nitrogens with one attached hydrogen (secondary N) is 1. The van der Waals surface area contributed by atoms with Gasteiger partial charge < -0.3 is 45.4 Å². The predicted molar refractivity (Wildman–Crippen MR) is 209 cm³/mol. The predicted octanol–water partition coefficient (Wildman–Crippen LogP) is 6.69. The van der Waals surface area contributed by atoms with Gasteiger partial charge in [-0.25, -0.2) is 0 Å². The summed E-state index contributed by atoms with van der Waals surface area (Å²) in [5, 5.41) is 64.4. The van der Waals surface area contributed by atoms with E-state index in [0.717, 1.165) is 57.8 Å². The molecule has 8 atom stereocenters. The molecule has 0 radical (unpaired) electrons. The molecule has 0 aromatic heterocycles. The number of allylic oxidation sites excluding steroid dienone is 5. The van der Waals surface area contributed by atoms with Crippen molar-refractivity contribution in [3.05, 3.63) is 36.5 Å². The minimum absolute atomic E-state index is 0.291. The number of aliphatic hydroxyl groups excluding tert-OH is 6. The first-order chi connectivity index (χ1) is 25.3. The van der Waals surface area contributed by atoms with E-state index in [4.69, 9.17) is 9.47 Å². The lowest BCUT2D eigenvalue weighted by Gasteiger charge is -2.40. The molecule has 1 saturated heterocycles. The van der Waals surface area contributed by atoms with Crippen LogP contribution in [0, 0.1) is 0 Å². The topological polar surface area (TPSA) is 169 Å². The third kappa shape index (κ3) is 23.2. The van der Waals surface area contributed by atoms with Crippen LogP contribution in [0.5, 0.6) is 0 Å². The van der Waals surface area contributed by atoms with Crippen molar-refractivity contribution in [1.82, 2.24) is 5.32 Å². The minimum atomic E-state index is -1.61. The number of hydrogen-bond donors (Lipinski definition) is 7. The molecule has 0 bridgehead atoms. The summed E-state index contributed by atoms with van der Waals surface area (Å²) in [6.07, 6.45) is 28.0. The van der Waals surface area contributed by atoms with Crippen molar-refractivity contribution in [2.45, 2.75) is 210 Å². The number of ether oxygens (including phenoxy) is 2. The Kier molecular flexibility index (Phi) is 30.5. The molecule has 10 nitrogen and oxygen atoms in total. The highest BCUT2D eigenvalue weighted by Gasteiger charge is 2.44. The van der Waals surface area contributed by atoms with Crippen LogP contribution in [0.1, 0.15) is 162 Å². The van der Waals surface area contributed by atoms with E-state index in [1.165, 1.54) is 77.0 Å². The molecular formula is C42H77NO9. The molecule has 1 amide bonds. The van der Waals surface area contributed by atoms with Crippen molar-refractivity contribution in [2.24, 2.45) is 0 Å². The first kappa shape index (κ1) is 48.4. The van der Waals surface area contributed by atoms with Crippen LogP contribution in [0.15, 0.2) is 36.5 Å². The highest BCUT2D eigenvalue weighted by atomic mass is 16.7. The van der Waals surface area contributed by atoms with Gasteiger partial charge in [-0.3, -0.25) is 4.79 Å². The molecule has 52 heavy (non-hydrogen) atoms. The van der Waals surface area contributed by atoms with Gasteiger partial charge >= 0.3 is 0 Å². The molecule has 8 unspecified atom stereocenters. The van der Waals surface area contributed by atoms with Gasteiger partial charge in [0, 0.05) is 0 Å². The number of carbonyl (C=O) groups is 1. The molecule has 1 rings (SSSR count). The lowest BCUT2D eigenvalue weighted by Crippen LogP contribution is -2.60. The summed E-state index contributed by atoms with van der Waals surface area (Å²) >= 11 is 0. The van der Waals surface area contributed by atoms with Gasteiger partial charge in [0.2, 0.25) is 5.91 Å². The maximum absolute atomic E-state index is 13.0. The Bertz CT molecular complexity index is 927. The van der Waals surface area contributed by atoms with Crippen molar-refractivity contribution >= 4 is 5.91 Å². The highest BCUT2D eigenvalue weighted by Crippen LogP contribution is 2.22. The number of carbonyl (C=O) groups excluding carboxylic acids is 1. The fourth-order valence-electron chi connectivity index (χ4n) is 6.33. The third-order valence-electron chi connectivity index (χ3n) is 9.84. The zero-order valence-corrected chi connectivity index (χ0v) is 32.7. The Hall–Kier alpha value is -1.63. The maximum atomic E-state index is 13.0. The zero-order valence-electron chi connectivity index (χ0n) is 32.7. The number of aliphatic hydroxyl groups is 6. The fraction of sp³-hybridized carbons (Fsp3) is 0.833.